The number of alkyl halides is 3. The molecule has 318 valence electrons. The Bertz CT molecular complexity index is 2490. The van der Waals surface area contributed by atoms with Crippen molar-refractivity contribution < 1.29 is 47.0 Å². The van der Waals surface area contributed by atoms with E-state index in [-0.39, 0.29) is 46.6 Å². The Morgan fingerprint density at radius 3 is 1.48 bits per heavy atom. The highest BCUT2D eigenvalue weighted by Gasteiger charge is 2.32. The number of carboxylic acids is 2. The van der Waals surface area contributed by atoms with Crippen molar-refractivity contribution in [1.82, 2.24) is 9.97 Å². The number of thiazole rings is 2. The molecule has 2 atom stereocenters. The first kappa shape index (κ1) is 46.4. The highest BCUT2D eigenvalue weighted by Crippen LogP contribution is 2.38. The molecule has 10 nitrogen and oxygen atoms in total. The highest BCUT2D eigenvalue weighted by atomic mass is 35.5. The van der Waals surface area contributed by atoms with Gasteiger partial charge in [0.15, 0.2) is 10.3 Å². The summed E-state index contributed by atoms with van der Waals surface area (Å²) < 4.78 is 52.8. The number of aromatic nitrogens is 2. The van der Waals surface area contributed by atoms with E-state index in [1.165, 1.54) is 51.8 Å². The van der Waals surface area contributed by atoms with Crippen molar-refractivity contribution in [3.8, 4) is 22.5 Å². The van der Waals surface area contributed by atoms with E-state index in [4.69, 9.17) is 23.2 Å². The van der Waals surface area contributed by atoms with Crippen LogP contribution in [0.3, 0.4) is 0 Å². The lowest BCUT2D eigenvalue weighted by Gasteiger charge is -2.21. The third-order valence-electron chi connectivity index (χ3n) is 9.18. The quantitative estimate of drug-likeness (QED) is 0.103. The van der Waals surface area contributed by atoms with Crippen LogP contribution in [0.5, 0.6) is 0 Å². The molecule has 61 heavy (non-hydrogen) atoms. The maximum atomic E-state index is 13.6. The van der Waals surface area contributed by atoms with E-state index >= 15 is 0 Å². The summed E-state index contributed by atoms with van der Waals surface area (Å²) in [6.07, 6.45) is -4.65. The van der Waals surface area contributed by atoms with E-state index in [1.54, 1.807) is 36.7 Å². The Morgan fingerprint density at radius 2 is 1.07 bits per heavy atom. The zero-order valence-corrected chi connectivity index (χ0v) is 35.4. The van der Waals surface area contributed by atoms with Crippen LogP contribution < -0.4 is 9.80 Å². The number of nitrogens with zero attached hydrogens (tertiary/aromatic N) is 4. The summed E-state index contributed by atoms with van der Waals surface area (Å²) in [5.41, 5.74) is 2.01. The summed E-state index contributed by atoms with van der Waals surface area (Å²) in [6.45, 7) is 0. The molecule has 0 aliphatic rings. The van der Waals surface area contributed by atoms with Gasteiger partial charge in [0.05, 0.1) is 51.7 Å². The number of rotatable bonds is 14. The minimum Gasteiger partial charge on any atom is -0.481 e. The molecule has 2 amide bonds. The number of halogens is 6. The predicted molar refractivity (Wildman–Crippen MR) is 229 cm³/mol. The Morgan fingerprint density at radius 1 is 0.656 bits per heavy atom. The number of anilines is 2. The van der Waals surface area contributed by atoms with Gasteiger partial charge < -0.3 is 10.2 Å². The van der Waals surface area contributed by atoms with Crippen LogP contribution in [-0.2, 0) is 38.2 Å². The summed E-state index contributed by atoms with van der Waals surface area (Å²) in [4.78, 5) is 59.9. The molecule has 0 spiro atoms. The number of hydrogen-bond acceptors (Lipinski definition) is 8. The maximum Gasteiger partial charge on any atom is 0.416 e. The van der Waals surface area contributed by atoms with E-state index in [2.05, 4.69) is 9.97 Å². The smallest absolute Gasteiger partial charge is 0.416 e. The van der Waals surface area contributed by atoms with Crippen molar-refractivity contribution >= 4 is 79.9 Å². The molecular weight excluding hydrogens is 880 g/mol. The summed E-state index contributed by atoms with van der Waals surface area (Å²) in [7, 11) is 3.01. The molecule has 0 aliphatic carbocycles. The lowest BCUT2D eigenvalue weighted by Crippen LogP contribution is -2.35. The fourth-order valence-corrected chi connectivity index (χ4v) is 8.14. The molecule has 0 fully saturated rings. The molecule has 6 aromatic rings. The fourth-order valence-electron chi connectivity index (χ4n) is 6.12. The van der Waals surface area contributed by atoms with Crippen LogP contribution in [0.1, 0.15) is 29.5 Å². The molecule has 0 aliphatic heterocycles. The Kier molecular flexibility index (Phi) is 15.8. The average Bonchev–Trinajstić information content (AvgIpc) is 3.92. The van der Waals surface area contributed by atoms with Crippen LogP contribution in [-0.4, -0.2) is 58.0 Å². The van der Waals surface area contributed by atoms with Crippen LogP contribution in [0.4, 0.5) is 27.8 Å². The van der Waals surface area contributed by atoms with Crippen LogP contribution in [0, 0.1) is 17.7 Å². The normalized spacial score (nSPS) is 12.1. The minimum absolute atomic E-state index is 0.0937. The van der Waals surface area contributed by atoms with Gasteiger partial charge in [0, 0.05) is 36.0 Å². The van der Waals surface area contributed by atoms with E-state index in [1.807, 2.05) is 36.4 Å². The largest absolute Gasteiger partial charge is 0.481 e. The zero-order valence-electron chi connectivity index (χ0n) is 32.3. The predicted octanol–water partition coefficient (Wildman–Crippen LogP) is 10.7. The molecule has 2 heterocycles. The average molecular weight is 916 g/mol. The monoisotopic (exact) mass is 914 g/mol. The number of benzene rings is 4. The van der Waals surface area contributed by atoms with Crippen LogP contribution >= 0.6 is 45.9 Å². The molecule has 4 aromatic carbocycles. The molecule has 0 saturated heterocycles. The molecule has 18 heteroatoms. The standard InChI is InChI=1S/C22H18ClF3N2O3S.C21H18ClFN2O3S/c1-28(20(31)14(10-19(29)30)9-13-5-3-2-4-6-13)21-27-18(12-32-21)16-11-15(22(24,25)26)7-8-17(16)23;1-25(20(28)14(10-19(26)27)9-13-5-3-2-4-6-13)21-24-18(12-29-21)16-11-15(23)7-8-17(16)22/h2-8,11-12,14H,9-10H2,1H3,(H,29,30);2-8,11-12,14H,9-10H2,1H3,(H,26,27)/t2*14-/m11/s1. The van der Waals surface area contributed by atoms with Crippen molar-refractivity contribution in [2.24, 2.45) is 11.8 Å². The van der Waals surface area contributed by atoms with Gasteiger partial charge >= 0.3 is 18.1 Å². The number of hydrogen-bond donors (Lipinski definition) is 2. The minimum atomic E-state index is -4.54. The van der Waals surface area contributed by atoms with Gasteiger partial charge in [-0.25, -0.2) is 14.4 Å². The van der Waals surface area contributed by atoms with Crippen molar-refractivity contribution in [1.29, 1.82) is 0 Å². The third-order valence-corrected chi connectivity index (χ3v) is 11.7. The highest BCUT2D eigenvalue weighted by molar-refractivity contribution is 7.14. The molecule has 2 aromatic heterocycles. The number of amides is 2. The molecular formula is C43H36Cl2F4N4O6S2. The summed E-state index contributed by atoms with van der Waals surface area (Å²) in [5.74, 6) is -4.95. The number of aliphatic carboxylic acids is 2. The first-order valence-corrected chi connectivity index (χ1v) is 20.7. The maximum absolute atomic E-state index is 13.6. The molecule has 6 rings (SSSR count). The summed E-state index contributed by atoms with van der Waals surface area (Å²) in [5, 5.41) is 22.7. The lowest BCUT2D eigenvalue weighted by atomic mass is 9.95. The van der Waals surface area contributed by atoms with Gasteiger partial charge in [-0.1, -0.05) is 83.9 Å². The second-order valence-electron chi connectivity index (χ2n) is 13.6. The third kappa shape index (κ3) is 12.7. The summed E-state index contributed by atoms with van der Waals surface area (Å²) in [6, 6.07) is 25.2. The van der Waals surface area contributed by atoms with Crippen molar-refractivity contribution in [3.05, 3.63) is 140 Å². The van der Waals surface area contributed by atoms with Crippen LogP contribution in [0.25, 0.3) is 22.5 Å². The van der Waals surface area contributed by atoms with E-state index < -0.39 is 47.2 Å². The van der Waals surface area contributed by atoms with E-state index in [0.29, 0.717) is 27.8 Å². The molecule has 0 saturated carbocycles. The molecule has 0 bridgehead atoms. The first-order valence-electron chi connectivity index (χ1n) is 18.2. The van der Waals surface area contributed by atoms with Crippen molar-refractivity contribution in [2.45, 2.75) is 31.9 Å². The second-order valence-corrected chi connectivity index (χ2v) is 16.1. The summed E-state index contributed by atoms with van der Waals surface area (Å²) >= 11 is 14.5. The van der Waals surface area contributed by atoms with Gasteiger partial charge in [-0.15, -0.1) is 22.7 Å². The van der Waals surface area contributed by atoms with Gasteiger partial charge in [-0.3, -0.25) is 29.0 Å². The van der Waals surface area contributed by atoms with Gasteiger partial charge in [-0.2, -0.15) is 13.2 Å². The first-order chi connectivity index (χ1) is 28.9. The number of carbonyl (C=O) groups excluding carboxylic acids is 2. The Labute approximate surface area is 365 Å². The number of carbonyl (C=O) groups is 4. The Hall–Kier alpha value is -5.68. The zero-order chi connectivity index (χ0) is 44.4. The van der Waals surface area contributed by atoms with Gasteiger partial charge in [0.1, 0.15) is 5.82 Å². The fraction of sp³-hybridized carbons (Fsp3) is 0.209. The number of carboxylic acid groups (broad SMARTS) is 2. The van der Waals surface area contributed by atoms with Gasteiger partial charge in [-0.05, 0) is 60.4 Å². The second kappa shape index (κ2) is 20.7. The van der Waals surface area contributed by atoms with E-state index in [9.17, 15) is 47.0 Å². The van der Waals surface area contributed by atoms with Crippen molar-refractivity contribution in [2.75, 3.05) is 23.9 Å². The van der Waals surface area contributed by atoms with Crippen LogP contribution in [0.15, 0.2) is 108 Å². The Balaban J connectivity index is 0.000000232. The van der Waals surface area contributed by atoms with Gasteiger partial charge in [0.2, 0.25) is 11.8 Å². The van der Waals surface area contributed by atoms with E-state index in [0.717, 1.165) is 40.7 Å². The van der Waals surface area contributed by atoms with Crippen LogP contribution in [0.2, 0.25) is 10.0 Å². The SMILES string of the molecule is CN(C(=O)[C@@H](CC(=O)O)Cc1ccccc1)c1nc(-c2cc(C(F)(F)F)ccc2Cl)cs1.CN(C(=O)[C@@H](CC(=O)O)Cc1ccccc1)c1nc(-c2cc(F)ccc2Cl)cs1. The molecule has 0 unspecified atom stereocenters. The lowest BCUT2D eigenvalue weighted by molar-refractivity contribution is -0.141. The topological polar surface area (TPSA) is 141 Å². The molecule has 0 radical (unpaired) electrons. The van der Waals surface area contributed by atoms with Crippen molar-refractivity contribution in [3.63, 3.8) is 0 Å². The van der Waals surface area contributed by atoms with Gasteiger partial charge in [0.25, 0.3) is 0 Å². The molecule has 2 N–H and O–H groups in total.